The molecule has 2 aromatic carbocycles. The number of nitrogens with one attached hydrogen (secondary N) is 2. The first-order valence-corrected chi connectivity index (χ1v) is 10.2. The van der Waals surface area contributed by atoms with Gasteiger partial charge in [-0.15, -0.1) is 0 Å². The number of anilines is 1. The summed E-state index contributed by atoms with van der Waals surface area (Å²) in [5.74, 6) is -0.104. The molecule has 1 aliphatic rings. The molecule has 1 atom stereocenters. The number of morpholine rings is 1. The number of ether oxygens (including phenoxy) is 1. The molecule has 1 fully saturated rings. The van der Waals surface area contributed by atoms with E-state index in [0.29, 0.717) is 24.4 Å². The number of nitrogens with zero attached hydrogens (tertiary/aromatic N) is 2. The van der Waals surface area contributed by atoms with Crippen LogP contribution in [-0.4, -0.2) is 68.2 Å². The fourth-order valence-electron chi connectivity index (χ4n) is 3.41. The zero-order valence-electron chi connectivity index (χ0n) is 17.9. The summed E-state index contributed by atoms with van der Waals surface area (Å²) in [6, 6.07) is 15.3. The van der Waals surface area contributed by atoms with Gasteiger partial charge in [-0.25, -0.2) is 4.79 Å². The van der Waals surface area contributed by atoms with Gasteiger partial charge in [0.2, 0.25) is 0 Å². The Bertz CT molecular complexity index is 870. The summed E-state index contributed by atoms with van der Waals surface area (Å²) in [4.78, 5) is 28.4. The summed E-state index contributed by atoms with van der Waals surface area (Å²) in [5, 5.41) is 5.73. The molecule has 3 amide bonds. The maximum absolute atomic E-state index is 12.4. The second-order valence-electron chi connectivity index (χ2n) is 7.78. The highest BCUT2D eigenvalue weighted by Crippen LogP contribution is 2.18. The molecule has 0 radical (unpaired) electrons. The Kier molecular flexibility index (Phi) is 7.43. The van der Waals surface area contributed by atoms with E-state index in [4.69, 9.17) is 4.74 Å². The maximum Gasteiger partial charge on any atom is 0.319 e. The first-order chi connectivity index (χ1) is 14.4. The van der Waals surface area contributed by atoms with Gasteiger partial charge in [0.25, 0.3) is 5.91 Å². The molecule has 7 nitrogen and oxygen atoms in total. The van der Waals surface area contributed by atoms with Crippen LogP contribution in [0.1, 0.15) is 21.5 Å². The number of aryl methyl sites for hydroxylation is 1. The predicted octanol–water partition coefficient (Wildman–Crippen LogP) is 2.72. The molecule has 0 saturated carbocycles. The third kappa shape index (κ3) is 6.05. The van der Waals surface area contributed by atoms with Crippen molar-refractivity contribution in [2.75, 3.05) is 45.7 Å². The van der Waals surface area contributed by atoms with Gasteiger partial charge in [0.1, 0.15) is 0 Å². The molecule has 1 unspecified atom stereocenters. The molecule has 1 aliphatic heterocycles. The van der Waals surface area contributed by atoms with Crippen LogP contribution in [0.3, 0.4) is 0 Å². The lowest BCUT2D eigenvalue weighted by Gasteiger charge is -2.33. The molecular formula is C23H30N4O3. The molecule has 0 aliphatic carbocycles. The van der Waals surface area contributed by atoms with Crippen molar-refractivity contribution in [3.05, 3.63) is 65.2 Å². The quantitative estimate of drug-likeness (QED) is 0.768. The van der Waals surface area contributed by atoms with Gasteiger partial charge in [0.05, 0.1) is 12.7 Å². The number of carbonyl (C=O) groups excluding carboxylic acids is 2. The van der Waals surface area contributed by atoms with Crippen LogP contribution in [0, 0.1) is 6.92 Å². The Morgan fingerprint density at radius 2 is 1.93 bits per heavy atom. The maximum atomic E-state index is 12.4. The normalized spacial score (nSPS) is 16.7. The third-order valence-corrected chi connectivity index (χ3v) is 5.10. The van der Waals surface area contributed by atoms with Gasteiger partial charge in [-0.2, -0.15) is 0 Å². The lowest BCUT2D eigenvalue weighted by Crippen LogP contribution is -2.47. The molecule has 2 N–H and O–H groups in total. The van der Waals surface area contributed by atoms with Crippen LogP contribution in [0.25, 0.3) is 0 Å². The van der Waals surface area contributed by atoms with Gasteiger partial charge >= 0.3 is 6.03 Å². The second-order valence-corrected chi connectivity index (χ2v) is 7.78. The monoisotopic (exact) mass is 410 g/mol. The highest BCUT2D eigenvalue weighted by atomic mass is 16.5. The minimum atomic E-state index is -0.309. The van der Waals surface area contributed by atoms with Crippen LogP contribution in [-0.2, 0) is 11.3 Å². The highest BCUT2D eigenvalue weighted by Gasteiger charge is 2.21. The predicted molar refractivity (Wildman–Crippen MR) is 118 cm³/mol. The molecular weight excluding hydrogens is 380 g/mol. The Balaban J connectivity index is 1.51. The lowest BCUT2D eigenvalue weighted by atomic mass is 10.1. The van der Waals surface area contributed by atoms with Crippen LogP contribution < -0.4 is 10.6 Å². The number of carbonyl (C=O) groups is 2. The first kappa shape index (κ1) is 21.8. The zero-order valence-corrected chi connectivity index (χ0v) is 17.9. The number of urea groups is 1. The minimum absolute atomic E-state index is 0.0593. The molecule has 7 heteroatoms. The highest BCUT2D eigenvalue weighted by molar-refractivity contribution is 5.97. The SMILES string of the molecule is Cc1ccc(C(=O)N(C)C)cc1NC(=O)NCC1CN(Cc2ccccc2)CCO1. The van der Waals surface area contributed by atoms with Crippen molar-refractivity contribution in [2.45, 2.75) is 19.6 Å². The molecule has 2 aromatic rings. The molecule has 0 spiro atoms. The van der Waals surface area contributed by atoms with E-state index >= 15 is 0 Å². The minimum Gasteiger partial charge on any atom is -0.374 e. The van der Waals surface area contributed by atoms with Crippen LogP contribution in [0.5, 0.6) is 0 Å². The average molecular weight is 411 g/mol. The lowest BCUT2D eigenvalue weighted by molar-refractivity contribution is -0.0285. The number of hydrogen-bond acceptors (Lipinski definition) is 4. The first-order valence-electron chi connectivity index (χ1n) is 10.2. The fraction of sp³-hybridized carbons (Fsp3) is 0.391. The van der Waals surface area contributed by atoms with E-state index < -0.39 is 0 Å². The number of rotatable bonds is 6. The van der Waals surface area contributed by atoms with Gasteiger partial charge in [-0.3, -0.25) is 9.69 Å². The van der Waals surface area contributed by atoms with E-state index in [0.717, 1.165) is 25.2 Å². The molecule has 1 saturated heterocycles. The van der Waals surface area contributed by atoms with Gasteiger partial charge in [0, 0.05) is 51.5 Å². The van der Waals surface area contributed by atoms with Crippen molar-refractivity contribution in [2.24, 2.45) is 0 Å². The topological polar surface area (TPSA) is 73.9 Å². The van der Waals surface area contributed by atoms with E-state index in [9.17, 15) is 9.59 Å². The van der Waals surface area contributed by atoms with E-state index in [2.05, 4.69) is 27.7 Å². The van der Waals surface area contributed by atoms with Crippen LogP contribution in [0.15, 0.2) is 48.5 Å². The second kappa shape index (κ2) is 10.2. The van der Waals surface area contributed by atoms with E-state index in [1.54, 1.807) is 26.2 Å². The standard InChI is InChI=1S/C23H30N4O3/c1-17-9-10-19(22(28)26(2)3)13-21(17)25-23(29)24-14-20-16-27(11-12-30-20)15-18-7-5-4-6-8-18/h4-10,13,20H,11-12,14-16H2,1-3H3,(H2,24,25,29). The average Bonchev–Trinajstić information content (AvgIpc) is 2.74. The van der Waals surface area contributed by atoms with E-state index in [-0.39, 0.29) is 18.0 Å². The van der Waals surface area contributed by atoms with Crippen molar-refractivity contribution < 1.29 is 14.3 Å². The van der Waals surface area contributed by atoms with E-state index in [1.807, 2.05) is 31.2 Å². The Labute approximate surface area is 178 Å². The Morgan fingerprint density at radius 3 is 2.67 bits per heavy atom. The van der Waals surface area contributed by atoms with Gasteiger partial charge < -0.3 is 20.3 Å². The van der Waals surface area contributed by atoms with Crippen molar-refractivity contribution >= 4 is 17.6 Å². The largest absolute Gasteiger partial charge is 0.374 e. The van der Waals surface area contributed by atoms with Crippen molar-refractivity contribution in [1.82, 2.24) is 15.1 Å². The molecule has 160 valence electrons. The molecule has 3 rings (SSSR count). The number of hydrogen-bond donors (Lipinski definition) is 2. The van der Waals surface area contributed by atoms with Gasteiger partial charge in [0.15, 0.2) is 0 Å². The van der Waals surface area contributed by atoms with Crippen LogP contribution in [0.2, 0.25) is 0 Å². The van der Waals surface area contributed by atoms with Crippen LogP contribution >= 0.6 is 0 Å². The van der Waals surface area contributed by atoms with E-state index in [1.165, 1.54) is 10.5 Å². The van der Waals surface area contributed by atoms with Crippen LogP contribution in [0.4, 0.5) is 10.5 Å². The third-order valence-electron chi connectivity index (χ3n) is 5.10. The molecule has 1 heterocycles. The summed E-state index contributed by atoms with van der Waals surface area (Å²) in [5.41, 5.74) is 3.32. The van der Waals surface area contributed by atoms with Crippen molar-refractivity contribution in [3.63, 3.8) is 0 Å². The van der Waals surface area contributed by atoms with Crippen molar-refractivity contribution in [3.8, 4) is 0 Å². The number of benzene rings is 2. The zero-order chi connectivity index (χ0) is 21.5. The number of amides is 3. The molecule has 30 heavy (non-hydrogen) atoms. The van der Waals surface area contributed by atoms with Gasteiger partial charge in [-0.05, 0) is 30.2 Å². The summed E-state index contributed by atoms with van der Waals surface area (Å²) in [6.07, 6.45) is -0.0593. The van der Waals surface area contributed by atoms with Gasteiger partial charge in [-0.1, -0.05) is 36.4 Å². The summed E-state index contributed by atoms with van der Waals surface area (Å²) in [7, 11) is 3.40. The van der Waals surface area contributed by atoms with Crippen molar-refractivity contribution in [1.29, 1.82) is 0 Å². The fourth-order valence-corrected chi connectivity index (χ4v) is 3.41. The Hall–Kier alpha value is -2.90. The summed E-state index contributed by atoms with van der Waals surface area (Å²) in [6.45, 7) is 5.48. The molecule has 0 bridgehead atoms. The molecule has 0 aromatic heterocycles. The smallest absolute Gasteiger partial charge is 0.319 e. The summed E-state index contributed by atoms with van der Waals surface area (Å²) >= 11 is 0. The Morgan fingerprint density at radius 1 is 1.17 bits per heavy atom. The summed E-state index contributed by atoms with van der Waals surface area (Å²) < 4.78 is 5.81.